The smallest absolute Gasteiger partial charge is 0.408 e. The molecule has 9 nitrogen and oxygen atoms in total. The minimum Gasteiger partial charge on any atom is -0.463 e. The number of amides is 2. The fourth-order valence-electron chi connectivity index (χ4n) is 3.13. The maximum absolute atomic E-state index is 13.1. The molecule has 2 rings (SSSR count). The molecule has 1 saturated heterocycles. The zero-order valence-corrected chi connectivity index (χ0v) is 18.4. The lowest BCUT2D eigenvalue weighted by atomic mass is 10.1. The SMILES string of the molecule is CC(=O)OC[C@H](NC(=O)OCc1ccccc1)C(=O)N1CCCC1C(=O)OC(C)(C)C. The Kier molecular flexibility index (Phi) is 8.41. The first-order chi connectivity index (χ1) is 14.6. The summed E-state index contributed by atoms with van der Waals surface area (Å²) < 4.78 is 15.5. The molecule has 0 radical (unpaired) electrons. The Morgan fingerprint density at radius 3 is 2.42 bits per heavy atom. The normalized spacial score (nSPS) is 16.9. The van der Waals surface area contributed by atoms with Crippen LogP contribution < -0.4 is 5.32 Å². The Bertz CT molecular complexity index is 789. The van der Waals surface area contributed by atoms with Gasteiger partial charge in [-0.2, -0.15) is 0 Å². The van der Waals surface area contributed by atoms with Crippen LogP contribution in [0, 0.1) is 0 Å². The zero-order chi connectivity index (χ0) is 23.0. The Morgan fingerprint density at radius 1 is 1.13 bits per heavy atom. The van der Waals surface area contributed by atoms with Gasteiger partial charge in [0.1, 0.15) is 30.9 Å². The lowest BCUT2D eigenvalue weighted by Crippen LogP contribution is -2.54. The minimum atomic E-state index is -1.18. The summed E-state index contributed by atoms with van der Waals surface area (Å²) >= 11 is 0. The molecule has 1 fully saturated rings. The van der Waals surface area contributed by atoms with Crippen molar-refractivity contribution in [1.29, 1.82) is 0 Å². The monoisotopic (exact) mass is 434 g/mol. The number of rotatable bonds is 7. The second kappa shape index (κ2) is 10.8. The molecule has 0 spiro atoms. The Hall–Kier alpha value is -3.10. The molecule has 0 bridgehead atoms. The van der Waals surface area contributed by atoms with E-state index < -0.39 is 41.6 Å². The molecular weight excluding hydrogens is 404 g/mol. The van der Waals surface area contributed by atoms with E-state index in [9.17, 15) is 19.2 Å². The molecule has 2 amide bonds. The molecule has 170 valence electrons. The molecule has 1 aromatic carbocycles. The van der Waals surface area contributed by atoms with Crippen LogP contribution in [0.15, 0.2) is 30.3 Å². The fraction of sp³-hybridized carbons (Fsp3) is 0.545. The van der Waals surface area contributed by atoms with Crippen LogP contribution >= 0.6 is 0 Å². The van der Waals surface area contributed by atoms with Gasteiger partial charge in [-0.3, -0.25) is 9.59 Å². The van der Waals surface area contributed by atoms with Gasteiger partial charge in [0.15, 0.2) is 0 Å². The number of hydrogen-bond donors (Lipinski definition) is 1. The number of alkyl carbamates (subject to hydrolysis) is 1. The Morgan fingerprint density at radius 2 is 1.81 bits per heavy atom. The highest BCUT2D eigenvalue weighted by molar-refractivity contribution is 5.90. The summed E-state index contributed by atoms with van der Waals surface area (Å²) in [6.45, 7) is 6.44. The number of esters is 2. The number of ether oxygens (including phenoxy) is 3. The van der Waals surface area contributed by atoms with Crippen LogP contribution in [0.1, 0.15) is 46.1 Å². The number of nitrogens with zero attached hydrogens (tertiary/aromatic N) is 1. The van der Waals surface area contributed by atoms with Crippen LogP contribution in [0.25, 0.3) is 0 Å². The highest BCUT2D eigenvalue weighted by Crippen LogP contribution is 2.22. The molecule has 1 aromatic rings. The number of carbonyl (C=O) groups excluding carboxylic acids is 4. The lowest BCUT2D eigenvalue weighted by Gasteiger charge is -2.30. The van der Waals surface area contributed by atoms with E-state index in [4.69, 9.17) is 14.2 Å². The van der Waals surface area contributed by atoms with Gasteiger partial charge in [-0.1, -0.05) is 30.3 Å². The molecular formula is C22H30N2O7. The molecule has 0 aromatic heterocycles. The van der Waals surface area contributed by atoms with E-state index >= 15 is 0 Å². The van der Waals surface area contributed by atoms with Crippen LogP contribution in [0.4, 0.5) is 4.79 Å². The first-order valence-electron chi connectivity index (χ1n) is 10.2. The van der Waals surface area contributed by atoms with Crippen molar-refractivity contribution in [1.82, 2.24) is 10.2 Å². The van der Waals surface area contributed by atoms with E-state index in [0.717, 1.165) is 5.56 Å². The molecule has 0 saturated carbocycles. The van der Waals surface area contributed by atoms with Crippen molar-refractivity contribution < 1.29 is 33.4 Å². The number of hydrogen-bond acceptors (Lipinski definition) is 7. The van der Waals surface area contributed by atoms with Gasteiger partial charge >= 0.3 is 18.0 Å². The average molecular weight is 434 g/mol. The van der Waals surface area contributed by atoms with Crippen LogP contribution in [0.5, 0.6) is 0 Å². The summed E-state index contributed by atoms with van der Waals surface area (Å²) in [5.74, 6) is -1.63. The molecule has 1 N–H and O–H groups in total. The number of nitrogens with one attached hydrogen (secondary N) is 1. The molecule has 1 aliphatic rings. The van der Waals surface area contributed by atoms with Gasteiger partial charge in [-0.05, 0) is 39.2 Å². The van der Waals surface area contributed by atoms with Crippen molar-refractivity contribution >= 4 is 23.9 Å². The van der Waals surface area contributed by atoms with Gasteiger partial charge in [-0.25, -0.2) is 9.59 Å². The molecule has 0 aliphatic carbocycles. The zero-order valence-electron chi connectivity index (χ0n) is 18.4. The van der Waals surface area contributed by atoms with Crippen molar-refractivity contribution in [2.75, 3.05) is 13.2 Å². The first-order valence-corrected chi connectivity index (χ1v) is 10.2. The van der Waals surface area contributed by atoms with Crippen molar-refractivity contribution in [2.45, 2.75) is 64.8 Å². The van der Waals surface area contributed by atoms with E-state index in [1.54, 1.807) is 32.9 Å². The maximum atomic E-state index is 13.1. The van der Waals surface area contributed by atoms with Crippen LogP contribution in [-0.2, 0) is 35.2 Å². The van der Waals surface area contributed by atoms with Crippen molar-refractivity contribution in [3.05, 3.63) is 35.9 Å². The first kappa shape index (κ1) is 24.2. The number of carbonyl (C=O) groups is 4. The summed E-state index contributed by atoms with van der Waals surface area (Å²) in [6.07, 6.45) is 0.246. The predicted octanol–water partition coefficient (Wildman–Crippen LogP) is 2.18. The van der Waals surface area contributed by atoms with E-state index in [2.05, 4.69) is 5.32 Å². The third kappa shape index (κ3) is 7.92. The van der Waals surface area contributed by atoms with E-state index in [0.29, 0.717) is 19.4 Å². The topological polar surface area (TPSA) is 111 Å². The highest BCUT2D eigenvalue weighted by Gasteiger charge is 2.40. The summed E-state index contributed by atoms with van der Waals surface area (Å²) in [5.41, 5.74) is 0.0930. The predicted molar refractivity (Wildman–Crippen MR) is 111 cm³/mol. The largest absolute Gasteiger partial charge is 0.463 e. The van der Waals surface area contributed by atoms with Crippen LogP contribution in [0.2, 0.25) is 0 Å². The number of likely N-dealkylation sites (tertiary alicyclic amines) is 1. The molecule has 9 heteroatoms. The van der Waals surface area contributed by atoms with E-state index in [-0.39, 0.29) is 13.2 Å². The molecule has 1 heterocycles. The molecule has 1 unspecified atom stereocenters. The van der Waals surface area contributed by atoms with Gasteiger partial charge in [-0.15, -0.1) is 0 Å². The molecule has 1 aliphatic heterocycles. The Balaban J connectivity index is 2.04. The minimum absolute atomic E-state index is 0.0192. The third-order valence-electron chi connectivity index (χ3n) is 4.47. The standard InChI is InChI=1S/C22H30N2O7/c1-15(25)29-14-17(23-21(28)30-13-16-9-6-5-7-10-16)19(26)24-12-8-11-18(24)20(27)31-22(2,3)4/h5-7,9-10,17-18H,8,11-14H2,1-4H3,(H,23,28)/t17-,18?/m0/s1. The second-order valence-electron chi connectivity index (χ2n) is 8.28. The lowest BCUT2D eigenvalue weighted by molar-refractivity contribution is -0.164. The summed E-state index contributed by atoms with van der Waals surface area (Å²) in [7, 11) is 0. The summed E-state index contributed by atoms with van der Waals surface area (Å²) in [6, 6.07) is 7.12. The van der Waals surface area contributed by atoms with Gasteiger partial charge in [0.2, 0.25) is 5.91 Å². The molecule has 31 heavy (non-hydrogen) atoms. The summed E-state index contributed by atoms with van der Waals surface area (Å²) in [4.78, 5) is 50.5. The summed E-state index contributed by atoms with van der Waals surface area (Å²) in [5, 5.41) is 2.45. The van der Waals surface area contributed by atoms with Gasteiger partial charge in [0.05, 0.1) is 0 Å². The van der Waals surface area contributed by atoms with Crippen molar-refractivity contribution in [3.8, 4) is 0 Å². The van der Waals surface area contributed by atoms with Crippen LogP contribution in [0.3, 0.4) is 0 Å². The van der Waals surface area contributed by atoms with Crippen molar-refractivity contribution in [2.24, 2.45) is 0 Å². The number of benzene rings is 1. The van der Waals surface area contributed by atoms with E-state index in [1.165, 1.54) is 11.8 Å². The fourth-order valence-corrected chi connectivity index (χ4v) is 3.13. The van der Waals surface area contributed by atoms with Gasteiger partial charge < -0.3 is 24.4 Å². The quantitative estimate of drug-likeness (QED) is 0.517. The van der Waals surface area contributed by atoms with Gasteiger partial charge in [0.25, 0.3) is 0 Å². The van der Waals surface area contributed by atoms with Crippen LogP contribution in [-0.4, -0.2) is 59.7 Å². The van der Waals surface area contributed by atoms with Crippen molar-refractivity contribution in [3.63, 3.8) is 0 Å². The van der Waals surface area contributed by atoms with Gasteiger partial charge in [0, 0.05) is 13.5 Å². The van der Waals surface area contributed by atoms with E-state index in [1.807, 2.05) is 18.2 Å². The highest BCUT2D eigenvalue weighted by atomic mass is 16.6. The average Bonchev–Trinajstić information content (AvgIpc) is 3.18. The molecule has 2 atom stereocenters. The second-order valence-corrected chi connectivity index (χ2v) is 8.28. The third-order valence-corrected chi connectivity index (χ3v) is 4.47. The Labute approximate surface area is 182 Å². The maximum Gasteiger partial charge on any atom is 0.408 e.